The fourth-order valence-electron chi connectivity index (χ4n) is 2.80. The molecule has 1 unspecified atom stereocenters. The van der Waals surface area contributed by atoms with Crippen molar-refractivity contribution in [2.24, 2.45) is 0 Å². The molecule has 2 aromatic rings. The number of amides is 1. The molecule has 0 bridgehead atoms. The van der Waals surface area contributed by atoms with Crippen LogP contribution in [0.25, 0.3) is 0 Å². The van der Waals surface area contributed by atoms with Gasteiger partial charge in [0.2, 0.25) is 5.91 Å². The Morgan fingerprint density at radius 2 is 2.18 bits per heavy atom. The van der Waals surface area contributed by atoms with E-state index >= 15 is 0 Å². The third-order valence-corrected chi connectivity index (χ3v) is 5.88. The van der Waals surface area contributed by atoms with Gasteiger partial charge in [0.05, 0.1) is 6.04 Å². The van der Waals surface area contributed by atoms with Crippen LogP contribution >= 0.6 is 23.1 Å². The first kappa shape index (κ1) is 15.6. The van der Waals surface area contributed by atoms with E-state index in [-0.39, 0.29) is 17.8 Å². The smallest absolute Gasteiger partial charge is 0.223 e. The molecule has 3 rings (SSSR count). The first-order valence-corrected chi connectivity index (χ1v) is 9.32. The zero-order valence-electron chi connectivity index (χ0n) is 12.2. The highest BCUT2D eigenvalue weighted by Crippen LogP contribution is 2.35. The van der Waals surface area contributed by atoms with Crippen molar-refractivity contribution in [3.05, 3.63) is 52.5 Å². The summed E-state index contributed by atoms with van der Waals surface area (Å²) in [7, 11) is 0. The summed E-state index contributed by atoms with van der Waals surface area (Å²) in [5.41, 5.74) is 0. The van der Waals surface area contributed by atoms with Crippen LogP contribution in [0.5, 0.6) is 0 Å². The van der Waals surface area contributed by atoms with E-state index in [1.807, 2.05) is 17.0 Å². The molecule has 0 N–H and O–H groups in total. The third kappa shape index (κ3) is 3.52. The lowest BCUT2D eigenvalue weighted by Gasteiger charge is -2.24. The Morgan fingerprint density at radius 3 is 2.95 bits per heavy atom. The van der Waals surface area contributed by atoms with Gasteiger partial charge >= 0.3 is 0 Å². The van der Waals surface area contributed by atoms with Gasteiger partial charge in [-0.05, 0) is 36.4 Å². The van der Waals surface area contributed by atoms with Gasteiger partial charge in [-0.15, -0.1) is 23.1 Å². The second kappa shape index (κ2) is 7.29. The van der Waals surface area contributed by atoms with Gasteiger partial charge in [0.1, 0.15) is 5.82 Å². The molecule has 5 heteroatoms. The molecule has 1 atom stereocenters. The van der Waals surface area contributed by atoms with Gasteiger partial charge in [0.25, 0.3) is 0 Å². The lowest BCUT2D eigenvalue weighted by Crippen LogP contribution is -2.30. The summed E-state index contributed by atoms with van der Waals surface area (Å²) in [6.07, 6.45) is 2.57. The van der Waals surface area contributed by atoms with E-state index in [2.05, 4.69) is 11.4 Å². The Balaban J connectivity index is 1.54. The van der Waals surface area contributed by atoms with Crippen LogP contribution in [-0.4, -0.2) is 23.1 Å². The van der Waals surface area contributed by atoms with E-state index in [1.54, 1.807) is 23.5 Å². The number of hydrogen-bond acceptors (Lipinski definition) is 3. The molecular formula is C17H18FNOS2. The molecule has 1 amide bonds. The van der Waals surface area contributed by atoms with Crippen molar-refractivity contribution in [2.45, 2.75) is 30.2 Å². The Bertz CT molecular complexity index is 629. The van der Waals surface area contributed by atoms with Crippen LogP contribution in [0.1, 0.15) is 30.2 Å². The number of halogens is 1. The predicted molar refractivity (Wildman–Crippen MR) is 89.7 cm³/mol. The molecule has 0 spiro atoms. The van der Waals surface area contributed by atoms with E-state index in [0.29, 0.717) is 17.1 Å². The summed E-state index contributed by atoms with van der Waals surface area (Å²) in [5.74, 6) is 0.588. The number of carbonyl (C=O) groups is 1. The molecule has 0 saturated carbocycles. The lowest BCUT2D eigenvalue weighted by molar-refractivity contribution is -0.131. The number of benzene rings is 1. The molecule has 1 fully saturated rings. The van der Waals surface area contributed by atoms with Gasteiger partial charge in [0.15, 0.2) is 0 Å². The molecule has 1 aliphatic rings. The molecule has 1 aromatic carbocycles. The quantitative estimate of drug-likeness (QED) is 0.736. The van der Waals surface area contributed by atoms with Crippen molar-refractivity contribution in [1.82, 2.24) is 4.90 Å². The Kier molecular flexibility index (Phi) is 5.16. The van der Waals surface area contributed by atoms with Crippen LogP contribution in [0.4, 0.5) is 4.39 Å². The standard InChI is InChI=1S/C17H18FNOS2/c18-13-5-1-2-7-15(13)22-12-9-17(20)19-10-3-6-14(19)16-8-4-11-21-16/h1-2,4-5,7-8,11,14H,3,6,9-10,12H2. The first-order valence-electron chi connectivity index (χ1n) is 7.46. The van der Waals surface area contributed by atoms with Gasteiger partial charge in [-0.2, -0.15) is 0 Å². The zero-order valence-corrected chi connectivity index (χ0v) is 13.8. The van der Waals surface area contributed by atoms with Crippen molar-refractivity contribution in [2.75, 3.05) is 12.3 Å². The molecule has 22 heavy (non-hydrogen) atoms. The molecule has 0 radical (unpaired) electrons. The van der Waals surface area contributed by atoms with Crippen molar-refractivity contribution < 1.29 is 9.18 Å². The van der Waals surface area contributed by atoms with E-state index in [4.69, 9.17) is 0 Å². The van der Waals surface area contributed by atoms with Crippen molar-refractivity contribution >= 4 is 29.0 Å². The summed E-state index contributed by atoms with van der Waals surface area (Å²) in [6.45, 7) is 0.839. The van der Waals surface area contributed by atoms with Crippen LogP contribution in [0.3, 0.4) is 0 Å². The summed E-state index contributed by atoms with van der Waals surface area (Å²) < 4.78 is 13.5. The molecule has 1 aromatic heterocycles. The summed E-state index contributed by atoms with van der Waals surface area (Å²) >= 11 is 3.13. The van der Waals surface area contributed by atoms with Crippen LogP contribution in [0.2, 0.25) is 0 Å². The number of thiophene rings is 1. The highest BCUT2D eigenvalue weighted by atomic mass is 32.2. The maximum absolute atomic E-state index is 13.5. The largest absolute Gasteiger partial charge is 0.335 e. The van der Waals surface area contributed by atoms with Gasteiger partial charge < -0.3 is 4.90 Å². The van der Waals surface area contributed by atoms with E-state index in [1.165, 1.54) is 22.7 Å². The Hall–Kier alpha value is -1.33. The number of nitrogens with zero attached hydrogens (tertiary/aromatic N) is 1. The monoisotopic (exact) mass is 335 g/mol. The zero-order chi connectivity index (χ0) is 15.4. The van der Waals surface area contributed by atoms with Gasteiger partial charge in [-0.3, -0.25) is 4.79 Å². The maximum atomic E-state index is 13.5. The van der Waals surface area contributed by atoms with Crippen molar-refractivity contribution in [3.8, 4) is 0 Å². The SMILES string of the molecule is O=C(CCSc1ccccc1F)N1CCCC1c1cccs1. The number of thioether (sulfide) groups is 1. The van der Waals surface area contributed by atoms with Crippen LogP contribution in [0, 0.1) is 5.82 Å². The number of rotatable bonds is 5. The minimum Gasteiger partial charge on any atom is -0.335 e. The Morgan fingerprint density at radius 1 is 1.32 bits per heavy atom. The molecule has 2 nitrogen and oxygen atoms in total. The maximum Gasteiger partial charge on any atom is 0.223 e. The highest BCUT2D eigenvalue weighted by molar-refractivity contribution is 7.99. The second-order valence-corrected chi connectivity index (χ2v) is 7.41. The molecule has 2 heterocycles. The van der Waals surface area contributed by atoms with Crippen LogP contribution in [-0.2, 0) is 4.79 Å². The van der Waals surface area contributed by atoms with Gasteiger partial charge in [-0.1, -0.05) is 18.2 Å². The predicted octanol–water partition coefficient (Wildman–Crippen LogP) is 4.73. The first-order chi connectivity index (χ1) is 10.8. The number of carbonyl (C=O) groups excluding carboxylic acids is 1. The Labute approximate surface area is 138 Å². The molecular weight excluding hydrogens is 317 g/mol. The van der Waals surface area contributed by atoms with Crippen molar-refractivity contribution in [3.63, 3.8) is 0 Å². The minimum absolute atomic E-state index is 0.180. The fraction of sp³-hybridized carbons (Fsp3) is 0.353. The van der Waals surface area contributed by atoms with Gasteiger partial charge in [0, 0.05) is 28.5 Å². The molecule has 0 aliphatic carbocycles. The van der Waals surface area contributed by atoms with E-state index in [9.17, 15) is 9.18 Å². The highest BCUT2D eigenvalue weighted by Gasteiger charge is 2.30. The third-order valence-electron chi connectivity index (χ3n) is 3.85. The second-order valence-electron chi connectivity index (χ2n) is 5.29. The summed E-state index contributed by atoms with van der Waals surface area (Å²) in [4.78, 5) is 16.3. The molecule has 1 aliphatic heterocycles. The van der Waals surface area contributed by atoms with Gasteiger partial charge in [-0.25, -0.2) is 4.39 Å². The molecule has 1 saturated heterocycles. The summed E-state index contributed by atoms with van der Waals surface area (Å²) in [6, 6.07) is 11.1. The topological polar surface area (TPSA) is 20.3 Å². The normalized spacial score (nSPS) is 17.9. The van der Waals surface area contributed by atoms with Crippen LogP contribution < -0.4 is 0 Å². The average Bonchev–Trinajstić information content (AvgIpc) is 3.19. The average molecular weight is 335 g/mol. The van der Waals surface area contributed by atoms with E-state index < -0.39 is 0 Å². The van der Waals surface area contributed by atoms with E-state index in [0.717, 1.165) is 19.4 Å². The fourth-order valence-corrected chi connectivity index (χ4v) is 4.55. The minimum atomic E-state index is -0.211. The van der Waals surface area contributed by atoms with Crippen LogP contribution in [0.15, 0.2) is 46.7 Å². The van der Waals surface area contributed by atoms with Crippen molar-refractivity contribution in [1.29, 1.82) is 0 Å². The number of hydrogen-bond donors (Lipinski definition) is 0. The molecule has 116 valence electrons. The number of likely N-dealkylation sites (tertiary alicyclic amines) is 1. The lowest BCUT2D eigenvalue weighted by atomic mass is 10.2. The summed E-state index contributed by atoms with van der Waals surface area (Å²) in [5, 5.41) is 2.06.